The largest absolute Gasteiger partial charge is 0.390 e. The van der Waals surface area contributed by atoms with Gasteiger partial charge in [-0.2, -0.15) is 0 Å². The van der Waals surface area contributed by atoms with Crippen molar-refractivity contribution in [2.24, 2.45) is 0 Å². The Hall–Kier alpha value is -2.72. The molecule has 0 amide bonds. The number of aliphatic hydroxyl groups excluding tert-OH is 1. The molecule has 3 aromatic heterocycles. The topological polar surface area (TPSA) is 61.8 Å². The summed E-state index contributed by atoms with van der Waals surface area (Å²) in [6, 6.07) is 14.1. The monoisotopic (exact) mass is 275 g/mol. The van der Waals surface area contributed by atoms with Crippen molar-refractivity contribution in [3.63, 3.8) is 0 Å². The number of nitrogens with zero attached hydrogens (tertiary/aromatic N) is 2. The minimum atomic E-state index is -0.0497. The minimum absolute atomic E-state index is 0.0497. The number of nitrogens with one attached hydrogen (secondary N) is 1. The van der Waals surface area contributed by atoms with Crippen LogP contribution in [-0.4, -0.2) is 20.1 Å². The zero-order valence-corrected chi connectivity index (χ0v) is 11.2. The van der Waals surface area contributed by atoms with E-state index in [2.05, 4.69) is 33.2 Å². The van der Waals surface area contributed by atoms with Gasteiger partial charge in [-0.3, -0.25) is 4.98 Å². The molecule has 0 atom stereocenters. The van der Waals surface area contributed by atoms with E-state index in [-0.39, 0.29) is 6.61 Å². The summed E-state index contributed by atoms with van der Waals surface area (Å²) in [5.74, 6) is 0. The molecule has 0 saturated carbocycles. The van der Waals surface area contributed by atoms with Gasteiger partial charge in [-0.25, -0.2) is 4.98 Å². The van der Waals surface area contributed by atoms with Crippen LogP contribution >= 0.6 is 0 Å². The summed E-state index contributed by atoms with van der Waals surface area (Å²) in [6.07, 6.45) is 3.75. The van der Waals surface area contributed by atoms with Crippen LogP contribution in [0.3, 0.4) is 0 Å². The van der Waals surface area contributed by atoms with Crippen LogP contribution in [0.15, 0.2) is 54.9 Å². The maximum absolute atomic E-state index is 9.16. The van der Waals surface area contributed by atoms with Gasteiger partial charge in [0.1, 0.15) is 5.65 Å². The summed E-state index contributed by atoms with van der Waals surface area (Å²) in [7, 11) is 0. The smallest absolute Gasteiger partial charge is 0.138 e. The SMILES string of the molecule is OCc1ccc2c(-c3ccc4ncccc4c3)c[nH]c2n1. The van der Waals surface area contributed by atoms with E-state index in [0.717, 1.165) is 33.1 Å². The molecule has 4 rings (SSSR count). The highest BCUT2D eigenvalue weighted by molar-refractivity contribution is 5.96. The van der Waals surface area contributed by atoms with Crippen LogP contribution in [0.4, 0.5) is 0 Å². The van der Waals surface area contributed by atoms with E-state index < -0.39 is 0 Å². The van der Waals surface area contributed by atoms with Crippen molar-refractivity contribution in [3.05, 3.63) is 60.6 Å². The van der Waals surface area contributed by atoms with Gasteiger partial charge in [0.15, 0.2) is 0 Å². The van der Waals surface area contributed by atoms with Crippen molar-refractivity contribution in [1.82, 2.24) is 15.0 Å². The van der Waals surface area contributed by atoms with Gasteiger partial charge < -0.3 is 10.1 Å². The summed E-state index contributed by atoms with van der Waals surface area (Å²) >= 11 is 0. The highest BCUT2D eigenvalue weighted by Crippen LogP contribution is 2.29. The van der Waals surface area contributed by atoms with Crippen LogP contribution in [-0.2, 0) is 6.61 Å². The van der Waals surface area contributed by atoms with Gasteiger partial charge in [0, 0.05) is 28.7 Å². The quantitative estimate of drug-likeness (QED) is 0.590. The first-order valence-corrected chi connectivity index (χ1v) is 6.78. The molecule has 102 valence electrons. The van der Waals surface area contributed by atoms with Crippen LogP contribution in [0.25, 0.3) is 33.1 Å². The number of rotatable bonds is 2. The fourth-order valence-electron chi connectivity index (χ4n) is 2.62. The van der Waals surface area contributed by atoms with Gasteiger partial charge in [-0.05, 0) is 35.9 Å². The molecule has 0 saturated heterocycles. The molecule has 0 spiro atoms. The Bertz CT molecular complexity index is 943. The number of hydrogen-bond donors (Lipinski definition) is 2. The number of H-pyrrole nitrogens is 1. The third-order valence-corrected chi connectivity index (χ3v) is 3.67. The molecule has 4 nitrogen and oxygen atoms in total. The average molecular weight is 275 g/mol. The maximum Gasteiger partial charge on any atom is 0.138 e. The normalized spacial score (nSPS) is 11.3. The van der Waals surface area contributed by atoms with Crippen molar-refractivity contribution in [3.8, 4) is 11.1 Å². The molecular formula is C17H13N3O. The fourth-order valence-corrected chi connectivity index (χ4v) is 2.62. The predicted octanol–water partition coefficient (Wildman–Crippen LogP) is 3.27. The first kappa shape index (κ1) is 12.1. The summed E-state index contributed by atoms with van der Waals surface area (Å²) in [4.78, 5) is 11.9. The second-order valence-electron chi connectivity index (χ2n) is 4.97. The molecular weight excluding hydrogens is 262 g/mol. The fraction of sp³-hybridized carbons (Fsp3) is 0.0588. The van der Waals surface area contributed by atoms with Gasteiger partial charge in [0.25, 0.3) is 0 Å². The van der Waals surface area contributed by atoms with Crippen molar-refractivity contribution in [2.45, 2.75) is 6.61 Å². The lowest BCUT2D eigenvalue weighted by Crippen LogP contribution is -1.88. The first-order valence-electron chi connectivity index (χ1n) is 6.78. The third kappa shape index (κ3) is 1.97. The van der Waals surface area contributed by atoms with Crippen LogP contribution in [0.2, 0.25) is 0 Å². The molecule has 0 aliphatic heterocycles. The lowest BCUT2D eigenvalue weighted by atomic mass is 10.0. The van der Waals surface area contributed by atoms with Crippen LogP contribution in [0.5, 0.6) is 0 Å². The van der Waals surface area contributed by atoms with Crippen LogP contribution < -0.4 is 0 Å². The summed E-state index contributed by atoms with van der Waals surface area (Å²) < 4.78 is 0. The summed E-state index contributed by atoms with van der Waals surface area (Å²) in [5.41, 5.74) is 4.68. The minimum Gasteiger partial charge on any atom is -0.390 e. The average Bonchev–Trinajstić information content (AvgIpc) is 2.97. The Balaban J connectivity index is 1.91. The Morgan fingerprint density at radius 2 is 2.05 bits per heavy atom. The number of aromatic nitrogens is 3. The molecule has 0 fully saturated rings. The van der Waals surface area contributed by atoms with E-state index in [1.807, 2.05) is 30.5 Å². The number of pyridine rings is 2. The Morgan fingerprint density at radius 3 is 2.95 bits per heavy atom. The lowest BCUT2D eigenvalue weighted by molar-refractivity contribution is 0.277. The molecule has 2 N–H and O–H groups in total. The molecule has 0 radical (unpaired) electrons. The molecule has 3 heterocycles. The molecule has 0 aliphatic carbocycles. The first-order chi connectivity index (χ1) is 10.3. The van der Waals surface area contributed by atoms with E-state index >= 15 is 0 Å². The van der Waals surface area contributed by atoms with Gasteiger partial charge in [0.2, 0.25) is 0 Å². The van der Waals surface area contributed by atoms with E-state index in [1.165, 1.54) is 0 Å². The predicted molar refractivity (Wildman–Crippen MR) is 82.8 cm³/mol. The lowest BCUT2D eigenvalue weighted by Gasteiger charge is -2.02. The Kier molecular flexibility index (Phi) is 2.69. The van der Waals surface area contributed by atoms with Gasteiger partial charge in [0.05, 0.1) is 17.8 Å². The second kappa shape index (κ2) is 4.68. The van der Waals surface area contributed by atoms with Crippen molar-refractivity contribution in [1.29, 1.82) is 0 Å². The number of hydrogen-bond acceptors (Lipinski definition) is 3. The van der Waals surface area contributed by atoms with Crippen LogP contribution in [0, 0.1) is 0 Å². The van der Waals surface area contributed by atoms with E-state index in [4.69, 9.17) is 5.11 Å². The van der Waals surface area contributed by atoms with Crippen molar-refractivity contribution >= 4 is 21.9 Å². The zero-order valence-electron chi connectivity index (χ0n) is 11.2. The Labute approximate surface area is 121 Å². The number of fused-ring (bicyclic) bond motifs is 2. The maximum atomic E-state index is 9.16. The Morgan fingerprint density at radius 1 is 1.10 bits per heavy atom. The molecule has 4 heteroatoms. The molecule has 0 aliphatic rings. The second-order valence-corrected chi connectivity index (χ2v) is 4.97. The summed E-state index contributed by atoms with van der Waals surface area (Å²) in [6.45, 7) is -0.0497. The number of benzene rings is 1. The van der Waals surface area contributed by atoms with Gasteiger partial charge in [-0.1, -0.05) is 12.1 Å². The molecule has 0 unspecified atom stereocenters. The van der Waals surface area contributed by atoms with E-state index in [9.17, 15) is 0 Å². The van der Waals surface area contributed by atoms with Crippen molar-refractivity contribution < 1.29 is 5.11 Å². The molecule has 21 heavy (non-hydrogen) atoms. The zero-order chi connectivity index (χ0) is 14.2. The van der Waals surface area contributed by atoms with E-state index in [1.54, 1.807) is 6.20 Å². The highest BCUT2D eigenvalue weighted by Gasteiger charge is 2.08. The third-order valence-electron chi connectivity index (χ3n) is 3.67. The molecule has 1 aromatic carbocycles. The van der Waals surface area contributed by atoms with Gasteiger partial charge >= 0.3 is 0 Å². The van der Waals surface area contributed by atoms with Gasteiger partial charge in [-0.15, -0.1) is 0 Å². The van der Waals surface area contributed by atoms with E-state index in [0.29, 0.717) is 5.69 Å². The highest BCUT2D eigenvalue weighted by atomic mass is 16.3. The number of aromatic amines is 1. The molecule has 4 aromatic rings. The number of aliphatic hydroxyl groups is 1. The van der Waals surface area contributed by atoms with Crippen molar-refractivity contribution in [2.75, 3.05) is 0 Å². The molecule has 0 bridgehead atoms. The standard InChI is InChI=1S/C17H13N3O/c21-10-13-4-5-14-15(9-19-17(14)20-13)11-3-6-16-12(8-11)2-1-7-18-16/h1-9,21H,10H2,(H,19,20). The summed E-state index contributed by atoms with van der Waals surface area (Å²) in [5, 5.41) is 11.3. The van der Waals surface area contributed by atoms with Crippen LogP contribution in [0.1, 0.15) is 5.69 Å².